The molecule has 0 saturated carbocycles. The summed E-state index contributed by atoms with van der Waals surface area (Å²) in [6, 6.07) is 5.06. The van der Waals surface area contributed by atoms with Crippen LogP contribution in [0.3, 0.4) is 0 Å². The van der Waals surface area contributed by atoms with Gasteiger partial charge in [0.25, 0.3) is 0 Å². The molecule has 1 aromatic carbocycles. The van der Waals surface area contributed by atoms with Crippen LogP contribution in [0, 0.1) is 0 Å². The van der Waals surface area contributed by atoms with E-state index in [1.165, 1.54) is 0 Å². The van der Waals surface area contributed by atoms with E-state index in [2.05, 4.69) is 10.6 Å². The van der Waals surface area contributed by atoms with Crippen molar-refractivity contribution in [2.24, 2.45) is 0 Å². The number of ether oxygens (including phenoxy) is 1. The molecular formula is C11H16ClN3O2. The van der Waals surface area contributed by atoms with E-state index in [0.29, 0.717) is 29.5 Å². The molecule has 0 spiro atoms. The van der Waals surface area contributed by atoms with Gasteiger partial charge in [0.15, 0.2) is 0 Å². The highest BCUT2D eigenvalue weighted by Gasteiger charge is 2.03. The lowest BCUT2D eigenvalue weighted by molar-refractivity contribution is -0.119. The molecule has 0 radical (unpaired) electrons. The van der Waals surface area contributed by atoms with E-state index in [0.717, 1.165) is 0 Å². The maximum absolute atomic E-state index is 11.4. The van der Waals surface area contributed by atoms with Crippen molar-refractivity contribution in [3.63, 3.8) is 0 Å². The Hall–Kier alpha value is -1.46. The van der Waals surface area contributed by atoms with Crippen LogP contribution in [0.15, 0.2) is 18.2 Å². The van der Waals surface area contributed by atoms with Crippen molar-refractivity contribution < 1.29 is 9.53 Å². The summed E-state index contributed by atoms with van der Waals surface area (Å²) in [6.07, 6.45) is 0. The zero-order chi connectivity index (χ0) is 12.7. The van der Waals surface area contributed by atoms with Crippen molar-refractivity contribution in [3.05, 3.63) is 23.2 Å². The Bertz CT molecular complexity index is 385. The van der Waals surface area contributed by atoms with Gasteiger partial charge in [-0.2, -0.15) is 0 Å². The largest absolute Gasteiger partial charge is 0.397 e. The Balaban J connectivity index is 2.39. The topological polar surface area (TPSA) is 76.4 Å². The van der Waals surface area contributed by atoms with E-state index >= 15 is 0 Å². The summed E-state index contributed by atoms with van der Waals surface area (Å²) in [4.78, 5) is 11.4. The number of nitrogens with two attached hydrogens (primary N) is 1. The van der Waals surface area contributed by atoms with Gasteiger partial charge in [0.05, 0.1) is 24.5 Å². The standard InChI is InChI=1S/C11H16ClN3O2/c1-17-5-4-14-11(16)7-15-10-6-8(12)2-3-9(10)13/h2-3,6,15H,4-5,7,13H2,1H3,(H,14,16). The number of halogens is 1. The van der Waals surface area contributed by atoms with Crippen LogP contribution in [0.25, 0.3) is 0 Å². The third-order valence-electron chi connectivity index (χ3n) is 2.08. The van der Waals surface area contributed by atoms with Crippen molar-refractivity contribution in [1.82, 2.24) is 5.32 Å². The zero-order valence-corrected chi connectivity index (χ0v) is 10.4. The molecule has 94 valence electrons. The second-order valence-corrected chi connectivity index (χ2v) is 3.86. The summed E-state index contributed by atoms with van der Waals surface area (Å²) >= 11 is 5.82. The maximum Gasteiger partial charge on any atom is 0.239 e. The predicted molar refractivity (Wildman–Crippen MR) is 69.2 cm³/mol. The molecular weight excluding hydrogens is 242 g/mol. The number of hydrogen-bond acceptors (Lipinski definition) is 4. The minimum atomic E-state index is -0.124. The number of carbonyl (C=O) groups excluding carboxylic acids is 1. The van der Waals surface area contributed by atoms with Gasteiger partial charge in [-0.15, -0.1) is 0 Å². The number of amides is 1. The number of carbonyl (C=O) groups is 1. The molecule has 17 heavy (non-hydrogen) atoms. The van der Waals surface area contributed by atoms with Gasteiger partial charge in [-0.05, 0) is 18.2 Å². The first-order chi connectivity index (χ1) is 8.13. The lowest BCUT2D eigenvalue weighted by Crippen LogP contribution is -2.32. The summed E-state index contributed by atoms with van der Waals surface area (Å²) in [5, 5.41) is 6.18. The van der Waals surface area contributed by atoms with Gasteiger partial charge < -0.3 is 21.1 Å². The Kier molecular flexibility index (Phi) is 5.59. The van der Waals surface area contributed by atoms with Crippen molar-refractivity contribution in [3.8, 4) is 0 Å². The monoisotopic (exact) mass is 257 g/mol. The Morgan fingerprint density at radius 1 is 1.53 bits per heavy atom. The SMILES string of the molecule is COCCNC(=O)CNc1cc(Cl)ccc1N. The predicted octanol–water partition coefficient (Wildman–Crippen LogP) is 1.10. The molecule has 0 unspecified atom stereocenters. The Morgan fingerprint density at radius 2 is 2.29 bits per heavy atom. The molecule has 0 saturated heterocycles. The number of nitrogen functional groups attached to an aromatic ring is 1. The van der Waals surface area contributed by atoms with Gasteiger partial charge in [0.1, 0.15) is 0 Å². The van der Waals surface area contributed by atoms with Crippen LogP contribution in [0.2, 0.25) is 5.02 Å². The molecule has 0 aromatic heterocycles. The third-order valence-corrected chi connectivity index (χ3v) is 2.32. The lowest BCUT2D eigenvalue weighted by atomic mass is 10.2. The number of nitrogens with one attached hydrogen (secondary N) is 2. The van der Waals surface area contributed by atoms with Crippen LogP contribution in [0.1, 0.15) is 0 Å². The summed E-state index contributed by atoms with van der Waals surface area (Å²) in [7, 11) is 1.58. The van der Waals surface area contributed by atoms with Gasteiger partial charge in [0, 0.05) is 18.7 Å². The molecule has 5 nitrogen and oxygen atoms in total. The molecule has 0 heterocycles. The highest BCUT2D eigenvalue weighted by Crippen LogP contribution is 2.22. The summed E-state index contributed by atoms with van der Waals surface area (Å²) in [6.45, 7) is 1.13. The van der Waals surface area contributed by atoms with Gasteiger partial charge in [-0.3, -0.25) is 4.79 Å². The average Bonchev–Trinajstić information content (AvgIpc) is 2.31. The average molecular weight is 258 g/mol. The van der Waals surface area contributed by atoms with E-state index in [9.17, 15) is 4.79 Å². The van der Waals surface area contributed by atoms with E-state index in [-0.39, 0.29) is 12.5 Å². The Labute approximate surface area is 105 Å². The van der Waals surface area contributed by atoms with Crippen molar-refractivity contribution in [2.45, 2.75) is 0 Å². The van der Waals surface area contributed by atoms with E-state index < -0.39 is 0 Å². The molecule has 1 amide bonds. The zero-order valence-electron chi connectivity index (χ0n) is 9.63. The lowest BCUT2D eigenvalue weighted by Gasteiger charge is -2.09. The van der Waals surface area contributed by atoms with Gasteiger partial charge >= 0.3 is 0 Å². The summed E-state index contributed by atoms with van der Waals surface area (Å²) in [5.41, 5.74) is 6.93. The molecule has 0 aliphatic carbocycles. The highest BCUT2D eigenvalue weighted by atomic mass is 35.5. The van der Waals surface area contributed by atoms with E-state index in [1.54, 1.807) is 25.3 Å². The third kappa shape index (κ3) is 4.93. The van der Waals surface area contributed by atoms with E-state index in [1.807, 2.05) is 0 Å². The second-order valence-electron chi connectivity index (χ2n) is 3.43. The van der Waals surface area contributed by atoms with Crippen LogP contribution in [-0.4, -0.2) is 32.7 Å². The molecule has 1 aromatic rings. The number of methoxy groups -OCH3 is 1. The maximum atomic E-state index is 11.4. The molecule has 0 atom stereocenters. The van der Waals surface area contributed by atoms with Crippen molar-refractivity contribution in [2.75, 3.05) is 37.9 Å². The number of rotatable bonds is 6. The molecule has 0 fully saturated rings. The molecule has 0 aliphatic rings. The fraction of sp³-hybridized carbons (Fsp3) is 0.364. The van der Waals surface area contributed by atoms with Crippen LogP contribution >= 0.6 is 11.6 Å². The number of anilines is 2. The first-order valence-electron chi connectivity index (χ1n) is 5.18. The fourth-order valence-corrected chi connectivity index (χ4v) is 1.38. The first-order valence-corrected chi connectivity index (χ1v) is 5.56. The molecule has 0 aliphatic heterocycles. The smallest absolute Gasteiger partial charge is 0.239 e. The summed E-state index contributed by atoms with van der Waals surface area (Å²) in [5.74, 6) is -0.124. The number of benzene rings is 1. The minimum Gasteiger partial charge on any atom is -0.397 e. The van der Waals surface area contributed by atoms with Gasteiger partial charge in [-0.25, -0.2) is 0 Å². The molecule has 0 bridgehead atoms. The molecule has 6 heteroatoms. The minimum absolute atomic E-state index is 0.124. The quantitative estimate of drug-likeness (QED) is 0.527. The van der Waals surface area contributed by atoms with Crippen molar-refractivity contribution >= 4 is 28.9 Å². The highest BCUT2D eigenvalue weighted by molar-refractivity contribution is 6.31. The van der Waals surface area contributed by atoms with E-state index in [4.69, 9.17) is 22.1 Å². The van der Waals surface area contributed by atoms with Crippen LogP contribution < -0.4 is 16.4 Å². The normalized spacial score (nSPS) is 10.0. The van der Waals surface area contributed by atoms with Crippen molar-refractivity contribution in [1.29, 1.82) is 0 Å². The van der Waals surface area contributed by atoms with Gasteiger partial charge in [-0.1, -0.05) is 11.6 Å². The molecule has 1 rings (SSSR count). The fourth-order valence-electron chi connectivity index (χ4n) is 1.21. The van der Waals surface area contributed by atoms with Crippen LogP contribution in [0.5, 0.6) is 0 Å². The first kappa shape index (κ1) is 13.6. The summed E-state index contributed by atoms with van der Waals surface area (Å²) < 4.78 is 4.82. The van der Waals surface area contributed by atoms with Gasteiger partial charge in [0.2, 0.25) is 5.91 Å². The Morgan fingerprint density at radius 3 is 3.00 bits per heavy atom. The number of hydrogen-bond donors (Lipinski definition) is 3. The second kappa shape index (κ2) is 6.98. The molecule has 4 N–H and O–H groups in total. The van der Waals surface area contributed by atoms with Crippen LogP contribution in [-0.2, 0) is 9.53 Å². The van der Waals surface area contributed by atoms with Crippen LogP contribution in [0.4, 0.5) is 11.4 Å².